The van der Waals surface area contributed by atoms with Gasteiger partial charge in [0.05, 0.1) is 0 Å². The Kier molecular flexibility index (Phi) is 4.42. The van der Waals surface area contributed by atoms with Gasteiger partial charge in [0, 0.05) is 36.3 Å². The third-order valence-electron chi connectivity index (χ3n) is 4.00. The molecule has 19 heavy (non-hydrogen) atoms. The van der Waals surface area contributed by atoms with Crippen molar-refractivity contribution in [2.75, 3.05) is 13.6 Å². The highest BCUT2D eigenvalue weighted by molar-refractivity contribution is 5.34. The van der Waals surface area contributed by atoms with Gasteiger partial charge in [0.15, 0.2) is 0 Å². The molecule has 1 aromatic carbocycles. The lowest BCUT2D eigenvalue weighted by Gasteiger charge is -2.26. The lowest BCUT2D eigenvalue weighted by molar-refractivity contribution is 0.236. The molecule has 0 aliphatic heterocycles. The molecule has 0 heterocycles. The van der Waals surface area contributed by atoms with E-state index in [1.165, 1.54) is 18.9 Å². The van der Waals surface area contributed by atoms with Crippen LogP contribution in [0.3, 0.4) is 0 Å². The largest absolute Gasteiger partial charge is 0.508 e. The fraction of sp³-hybridized carbons (Fsp3) is 0.600. The first-order valence-electron chi connectivity index (χ1n) is 6.92. The summed E-state index contributed by atoms with van der Waals surface area (Å²) >= 11 is 0. The number of aromatic hydroxyl groups is 1. The first kappa shape index (κ1) is 14.3. The van der Waals surface area contributed by atoms with Crippen molar-refractivity contribution in [2.24, 2.45) is 0 Å². The van der Waals surface area contributed by atoms with E-state index in [1.807, 2.05) is 6.92 Å². The molecule has 0 bridgehead atoms. The van der Waals surface area contributed by atoms with Crippen LogP contribution in [0, 0.1) is 5.82 Å². The second kappa shape index (κ2) is 5.88. The van der Waals surface area contributed by atoms with Crippen molar-refractivity contribution in [3.05, 3.63) is 29.6 Å². The van der Waals surface area contributed by atoms with Gasteiger partial charge in [-0.25, -0.2) is 4.39 Å². The topological polar surface area (TPSA) is 35.5 Å². The number of benzene rings is 1. The number of nitrogens with zero attached hydrogens (tertiary/aromatic N) is 1. The molecule has 0 aromatic heterocycles. The van der Waals surface area contributed by atoms with Crippen LogP contribution in [-0.2, 0) is 0 Å². The highest BCUT2D eigenvalue weighted by Gasteiger charge is 2.29. The Morgan fingerprint density at radius 2 is 2.11 bits per heavy atom. The van der Waals surface area contributed by atoms with Gasteiger partial charge in [0.2, 0.25) is 0 Å². The number of phenolic OH excluding ortho intramolecular Hbond substituents is 1. The van der Waals surface area contributed by atoms with E-state index in [0.717, 1.165) is 24.2 Å². The molecule has 0 radical (unpaired) electrons. The minimum absolute atomic E-state index is 0.00986. The van der Waals surface area contributed by atoms with Gasteiger partial charge in [0.1, 0.15) is 11.6 Å². The van der Waals surface area contributed by atoms with E-state index in [2.05, 4.69) is 24.2 Å². The first-order valence-corrected chi connectivity index (χ1v) is 6.92. The number of hydrogen-bond donors (Lipinski definition) is 2. The van der Waals surface area contributed by atoms with Crippen molar-refractivity contribution in [1.82, 2.24) is 10.2 Å². The van der Waals surface area contributed by atoms with E-state index in [0.29, 0.717) is 6.04 Å². The van der Waals surface area contributed by atoms with Crippen molar-refractivity contribution in [3.8, 4) is 5.75 Å². The number of phenols is 1. The molecule has 1 aromatic rings. The summed E-state index contributed by atoms with van der Waals surface area (Å²) in [6.45, 7) is 5.03. The number of halogens is 1. The van der Waals surface area contributed by atoms with Crippen molar-refractivity contribution < 1.29 is 9.50 Å². The summed E-state index contributed by atoms with van der Waals surface area (Å²) in [6.07, 6.45) is 2.60. The zero-order chi connectivity index (χ0) is 14.0. The van der Waals surface area contributed by atoms with E-state index in [4.69, 9.17) is 0 Å². The van der Waals surface area contributed by atoms with Gasteiger partial charge in [-0.2, -0.15) is 0 Å². The first-order chi connectivity index (χ1) is 8.99. The maximum Gasteiger partial charge on any atom is 0.126 e. The Labute approximate surface area is 114 Å². The second-order valence-corrected chi connectivity index (χ2v) is 5.58. The SMILES string of the molecule is CC(NCC(C)N(C)C1CC1)c1ccc(F)cc1O. The number of rotatable bonds is 6. The third-order valence-corrected chi connectivity index (χ3v) is 4.00. The van der Waals surface area contributed by atoms with E-state index < -0.39 is 5.82 Å². The van der Waals surface area contributed by atoms with Crippen LogP contribution in [-0.4, -0.2) is 35.7 Å². The molecule has 3 nitrogen and oxygen atoms in total. The Bertz CT molecular complexity index is 434. The maximum absolute atomic E-state index is 12.9. The average Bonchev–Trinajstić information content (AvgIpc) is 3.18. The molecular formula is C15H23FN2O. The van der Waals surface area contributed by atoms with Gasteiger partial charge in [-0.3, -0.25) is 4.90 Å². The van der Waals surface area contributed by atoms with Crippen LogP contribution < -0.4 is 5.32 Å². The quantitative estimate of drug-likeness (QED) is 0.831. The van der Waals surface area contributed by atoms with Gasteiger partial charge in [-0.1, -0.05) is 6.07 Å². The Hall–Kier alpha value is -1.13. The van der Waals surface area contributed by atoms with Gasteiger partial charge >= 0.3 is 0 Å². The molecule has 4 heteroatoms. The third kappa shape index (κ3) is 3.67. The smallest absolute Gasteiger partial charge is 0.126 e. The van der Waals surface area contributed by atoms with Crippen LogP contribution in [0.5, 0.6) is 5.75 Å². The van der Waals surface area contributed by atoms with Crippen LogP contribution in [0.25, 0.3) is 0 Å². The van der Waals surface area contributed by atoms with Crippen molar-refractivity contribution in [1.29, 1.82) is 0 Å². The molecule has 1 fully saturated rings. The summed E-state index contributed by atoms with van der Waals surface area (Å²) in [7, 11) is 2.16. The number of nitrogens with one attached hydrogen (secondary N) is 1. The Morgan fingerprint density at radius 1 is 1.42 bits per heavy atom. The molecule has 0 spiro atoms. The molecule has 1 aliphatic rings. The van der Waals surface area contributed by atoms with E-state index in [-0.39, 0.29) is 11.8 Å². The van der Waals surface area contributed by atoms with Gasteiger partial charge < -0.3 is 10.4 Å². The van der Waals surface area contributed by atoms with Gasteiger partial charge in [-0.05, 0) is 39.8 Å². The Balaban J connectivity index is 1.87. The fourth-order valence-electron chi connectivity index (χ4n) is 2.33. The molecule has 2 N–H and O–H groups in total. The molecule has 1 aliphatic carbocycles. The second-order valence-electron chi connectivity index (χ2n) is 5.58. The number of likely N-dealkylation sites (N-methyl/N-ethyl adjacent to an activating group) is 1. The minimum Gasteiger partial charge on any atom is -0.508 e. The molecule has 2 rings (SSSR count). The zero-order valence-electron chi connectivity index (χ0n) is 11.9. The standard InChI is InChI=1S/C15H23FN2O/c1-10(18(3)13-5-6-13)9-17-11(2)14-7-4-12(16)8-15(14)19/h4,7-8,10-11,13,17,19H,5-6,9H2,1-3H3. The average molecular weight is 266 g/mol. The summed E-state index contributed by atoms with van der Waals surface area (Å²) < 4.78 is 12.9. The highest BCUT2D eigenvalue weighted by Crippen LogP contribution is 2.27. The normalized spacial score (nSPS) is 18.6. The molecule has 1 saturated carbocycles. The van der Waals surface area contributed by atoms with Crippen LogP contribution in [0.2, 0.25) is 0 Å². The zero-order valence-corrected chi connectivity index (χ0v) is 11.9. The van der Waals surface area contributed by atoms with Crippen LogP contribution in [0.4, 0.5) is 4.39 Å². The molecule has 2 unspecified atom stereocenters. The number of hydrogen-bond acceptors (Lipinski definition) is 3. The summed E-state index contributed by atoms with van der Waals surface area (Å²) in [5.74, 6) is -0.390. The van der Waals surface area contributed by atoms with Crippen LogP contribution in [0.15, 0.2) is 18.2 Å². The van der Waals surface area contributed by atoms with Crippen molar-refractivity contribution in [2.45, 2.75) is 44.8 Å². The lowest BCUT2D eigenvalue weighted by atomic mass is 10.1. The minimum atomic E-state index is -0.407. The summed E-state index contributed by atoms with van der Waals surface area (Å²) in [6, 6.07) is 5.39. The van der Waals surface area contributed by atoms with Crippen LogP contribution >= 0.6 is 0 Å². The van der Waals surface area contributed by atoms with E-state index >= 15 is 0 Å². The van der Waals surface area contributed by atoms with E-state index in [9.17, 15) is 9.50 Å². The molecule has 106 valence electrons. The summed E-state index contributed by atoms with van der Waals surface area (Å²) in [5.41, 5.74) is 0.739. The Morgan fingerprint density at radius 3 is 2.68 bits per heavy atom. The van der Waals surface area contributed by atoms with E-state index in [1.54, 1.807) is 6.07 Å². The fourth-order valence-corrected chi connectivity index (χ4v) is 2.33. The summed E-state index contributed by atoms with van der Waals surface area (Å²) in [5, 5.41) is 13.1. The maximum atomic E-state index is 12.9. The van der Waals surface area contributed by atoms with Gasteiger partial charge in [0.25, 0.3) is 0 Å². The predicted molar refractivity (Wildman–Crippen MR) is 74.7 cm³/mol. The molecule has 0 amide bonds. The molecule has 2 atom stereocenters. The molecular weight excluding hydrogens is 243 g/mol. The van der Waals surface area contributed by atoms with Crippen molar-refractivity contribution in [3.63, 3.8) is 0 Å². The van der Waals surface area contributed by atoms with Crippen molar-refractivity contribution >= 4 is 0 Å². The van der Waals surface area contributed by atoms with Gasteiger partial charge in [-0.15, -0.1) is 0 Å². The highest BCUT2D eigenvalue weighted by atomic mass is 19.1. The predicted octanol–water partition coefficient (Wildman–Crippen LogP) is 2.66. The summed E-state index contributed by atoms with van der Waals surface area (Å²) in [4.78, 5) is 2.39. The molecule has 0 saturated heterocycles. The lowest BCUT2D eigenvalue weighted by Crippen LogP contribution is -2.39. The monoisotopic (exact) mass is 266 g/mol. The van der Waals surface area contributed by atoms with Crippen LogP contribution in [0.1, 0.15) is 38.3 Å².